The van der Waals surface area contributed by atoms with E-state index in [2.05, 4.69) is 10.3 Å². The Morgan fingerprint density at radius 1 is 1.44 bits per heavy atom. The number of nitrogens with zero attached hydrogens (tertiary/aromatic N) is 2. The maximum absolute atomic E-state index is 9.07. The number of fused-ring (bicyclic) bond motifs is 1. The van der Waals surface area contributed by atoms with Gasteiger partial charge in [0.05, 0.1) is 23.7 Å². The number of rotatable bonds is 4. The van der Waals surface area contributed by atoms with Gasteiger partial charge in [0.2, 0.25) is 0 Å². The molecule has 2 rings (SSSR count). The van der Waals surface area contributed by atoms with Gasteiger partial charge in [-0.25, -0.2) is 4.98 Å². The van der Waals surface area contributed by atoms with E-state index in [1.54, 1.807) is 0 Å². The summed E-state index contributed by atoms with van der Waals surface area (Å²) in [4.78, 5) is 4.59. The zero-order valence-electron chi connectivity index (χ0n) is 10.8. The van der Waals surface area contributed by atoms with Gasteiger partial charge in [-0.05, 0) is 32.0 Å². The third-order valence-corrected chi connectivity index (χ3v) is 3.31. The summed E-state index contributed by atoms with van der Waals surface area (Å²) in [5.41, 5.74) is 1.95. The van der Waals surface area contributed by atoms with Gasteiger partial charge >= 0.3 is 0 Å². The maximum Gasteiger partial charge on any atom is 0.126 e. The molecule has 2 atom stereocenters. The molecule has 1 aromatic carbocycles. The summed E-state index contributed by atoms with van der Waals surface area (Å²) < 4.78 is 2.05. The fourth-order valence-electron chi connectivity index (χ4n) is 2.13. The summed E-state index contributed by atoms with van der Waals surface area (Å²) in [5.74, 6) is 0.938. The molecule has 0 saturated heterocycles. The van der Waals surface area contributed by atoms with Gasteiger partial charge in [-0.15, -0.1) is 0 Å². The Hall–Kier alpha value is -1.10. The Bertz CT molecular complexity index is 552. The standard InChI is InChI=1S/C13H18ClN3O/c1-8(7-18)15-9(2)13-16-11-6-10(14)4-5-12(11)17(13)3/h4-6,8-9,15,18H,7H2,1-3H3/t8-,9?/m1/s1. The van der Waals surface area contributed by atoms with Crippen molar-refractivity contribution in [2.24, 2.45) is 7.05 Å². The first kappa shape index (κ1) is 13.3. The number of aliphatic hydroxyl groups excluding tert-OH is 1. The molecule has 0 spiro atoms. The molecule has 1 heterocycles. The molecule has 0 aliphatic heterocycles. The first-order valence-electron chi connectivity index (χ1n) is 6.01. The molecule has 18 heavy (non-hydrogen) atoms. The topological polar surface area (TPSA) is 50.1 Å². The number of hydrogen-bond donors (Lipinski definition) is 2. The number of imidazole rings is 1. The van der Waals surface area contributed by atoms with Gasteiger partial charge in [-0.2, -0.15) is 0 Å². The van der Waals surface area contributed by atoms with Gasteiger partial charge in [0.1, 0.15) is 5.82 Å². The number of halogens is 1. The van der Waals surface area contributed by atoms with Crippen molar-refractivity contribution in [2.75, 3.05) is 6.61 Å². The lowest BCUT2D eigenvalue weighted by Gasteiger charge is -2.17. The van der Waals surface area contributed by atoms with Crippen LogP contribution in [0.25, 0.3) is 11.0 Å². The van der Waals surface area contributed by atoms with Crippen LogP contribution in [0.1, 0.15) is 25.7 Å². The molecule has 0 fully saturated rings. The Balaban J connectivity index is 2.36. The van der Waals surface area contributed by atoms with E-state index in [-0.39, 0.29) is 18.7 Å². The highest BCUT2D eigenvalue weighted by molar-refractivity contribution is 6.31. The summed E-state index contributed by atoms with van der Waals surface area (Å²) in [6.07, 6.45) is 0. The first-order valence-corrected chi connectivity index (χ1v) is 6.39. The third-order valence-electron chi connectivity index (χ3n) is 3.07. The number of nitrogens with one attached hydrogen (secondary N) is 1. The normalized spacial score (nSPS) is 14.9. The average molecular weight is 268 g/mol. The molecule has 4 nitrogen and oxygen atoms in total. The van der Waals surface area contributed by atoms with Crippen molar-refractivity contribution < 1.29 is 5.11 Å². The van der Waals surface area contributed by atoms with Crippen LogP contribution < -0.4 is 5.32 Å². The van der Waals surface area contributed by atoms with Crippen molar-refractivity contribution in [1.82, 2.24) is 14.9 Å². The van der Waals surface area contributed by atoms with Crippen LogP contribution in [0.3, 0.4) is 0 Å². The van der Waals surface area contributed by atoms with Crippen LogP contribution in [0.5, 0.6) is 0 Å². The summed E-state index contributed by atoms with van der Waals surface area (Å²) >= 11 is 5.97. The first-order chi connectivity index (χ1) is 8.52. The second-order valence-electron chi connectivity index (χ2n) is 4.63. The molecule has 2 aromatic rings. The number of aromatic nitrogens is 2. The van der Waals surface area contributed by atoms with E-state index in [0.29, 0.717) is 5.02 Å². The molecule has 0 amide bonds. The predicted molar refractivity (Wildman–Crippen MR) is 73.8 cm³/mol. The van der Waals surface area contributed by atoms with Crippen molar-refractivity contribution in [3.05, 3.63) is 29.0 Å². The van der Waals surface area contributed by atoms with Crippen LogP contribution >= 0.6 is 11.6 Å². The van der Waals surface area contributed by atoms with Crippen LogP contribution in [0.4, 0.5) is 0 Å². The fourth-order valence-corrected chi connectivity index (χ4v) is 2.30. The van der Waals surface area contributed by atoms with Gasteiger partial charge in [-0.3, -0.25) is 0 Å². The molecule has 1 unspecified atom stereocenters. The fraction of sp³-hybridized carbons (Fsp3) is 0.462. The van der Waals surface area contributed by atoms with Crippen molar-refractivity contribution in [3.63, 3.8) is 0 Å². The van der Waals surface area contributed by atoms with E-state index in [1.807, 2.05) is 43.7 Å². The number of benzene rings is 1. The monoisotopic (exact) mass is 267 g/mol. The van der Waals surface area contributed by atoms with E-state index in [0.717, 1.165) is 16.9 Å². The quantitative estimate of drug-likeness (QED) is 0.893. The van der Waals surface area contributed by atoms with Crippen LogP contribution in [0.15, 0.2) is 18.2 Å². The van der Waals surface area contributed by atoms with Crippen LogP contribution in [-0.2, 0) is 7.05 Å². The van der Waals surface area contributed by atoms with Crippen molar-refractivity contribution in [3.8, 4) is 0 Å². The van der Waals surface area contributed by atoms with Gasteiger partial charge in [0.15, 0.2) is 0 Å². The van der Waals surface area contributed by atoms with Gasteiger partial charge in [0, 0.05) is 18.1 Å². The second-order valence-corrected chi connectivity index (χ2v) is 5.07. The molecule has 2 N–H and O–H groups in total. The van der Waals surface area contributed by atoms with Gasteiger partial charge in [-0.1, -0.05) is 11.6 Å². The molecule has 5 heteroatoms. The molecule has 0 radical (unpaired) electrons. The van der Waals surface area contributed by atoms with E-state index >= 15 is 0 Å². The molecule has 0 aliphatic rings. The van der Waals surface area contributed by atoms with Crippen LogP contribution in [0, 0.1) is 0 Å². The minimum Gasteiger partial charge on any atom is -0.395 e. The summed E-state index contributed by atoms with van der Waals surface area (Å²) in [7, 11) is 1.99. The minimum atomic E-state index is 0.0448. The van der Waals surface area contributed by atoms with Crippen molar-refractivity contribution in [1.29, 1.82) is 0 Å². The summed E-state index contributed by atoms with van der Waals surface area (Å²) in [6, 6.07) is 5.81. The molecule has 98 valence electrons. The number of aliphatic hydroxyl groups is 1. The molecule has 0 saturated carbocycles. The van der Waals surface area contributed by atoms with E-state index in [9.17, 15) is 0 Å². The molecular weight excluding hydrogens is 250 g/mol. The molecule has 0 bridgehead atoms. The molecular formula is C13H18ClN3O. The third kappa shape index (κ3) is 2.51. The Kier molecular flexibility index (Phi) is 3.90. The highest BCUT2D eigenvalue weighted by Crippen LogP contribution is 2.22. The van der Waals surface area contributed by atoms with Crippen molar-refractivity contribution >= 4 is 22.6 Å². The van der Waals surface area contributed by atoms with Crippen LogP contribution in [0.2, 0.25) is 5.02 Å². The Morgan fingerprint density at radius 2 is 2.17 bits per heavy atom. The Morgan fingerprint density at radius 3 is 2.83 bits per heavy atom. The maximum atomic E-state index is 9.07. The smallest absolute Gasteiger partial charge is 0.126 e. The van der Waals surface area contributed by atoms with Crippen molar-refractivity contribution in [2.45, 2.75) is 25.9 Å². The van der Waals surface area contributed by atoms with E-state index in [1.165, 1.54) is 0 Å². The second kappa shape index (κ2) is 5.26. The number of aryl methyl sites for hydroxylation is 1. The zero-order chi connectivity index (χ0) is 13.3. The largest absolute Gasteiger partial charge is 0.395 e. The Labute approximate surface area is 112 Å². The minimum absolute atomic E-state index is 0.0448. The van der Waals surface area contributed by atoms with Gasteiger partial charge < -0.3 is 15.0 Å². The summed E-state index contributed by atoms with van der Waals surface area (Å²) in [5, 5.41) is 13.1. The highest BCUT2D eigenvalue weighted by Gasteiger charge is 2.16. The summed E-state index contributed by atoms with van der Waals surface area (Å²) in [6.45, 7) is 4.09. The highest BCUT2D eigenvalue weighted by atomic mass is 35.5. The predicted octanol–water partition coefficient (Wildman–Crippen LogP) is 2.26. The average Bonchev–Trinajstić information content (AvgIpc) is 2.66. The lowest BCUT2D eigenvalue weighted by molar-refractivity contribution is 0.241. The molecule has 1 aromatic heterocycles. The van der Waals surface area contributed by atoms with E-state index in [4.69, 9.17) is 16.7 Å². The van der Waals surface area contributed by atoms with E-state index < -0.39 is 0 Å². The number of hydrogen-bond acceptors (Lipinski definition) is 3. The lowest BCUT2D eigenvalue weighted by atomic mass is 10.2. The van der Waals surface area contributed by atoms with Gasteiger partial charge in [0.25, 0.3) is 0 Å². The lowest BCUT2D eigenvalue weighted by Crippen LogP contribution is -2.32. The van der Waals surface area contributed by atoms with Crippen LogP contribution in [-0.4, -0.2) is 27.3 Å². The SMILES string of the molecule is CC(N[C@H](C)CO)c1nc2cc(Cl)ccc2n1C. The zero-order valence-corrected chi connectivity index (χ0v) is 11.6. The molecule has 0 aliphatic carbocycles.